The van der Waals surface area contributed by atoms with Crippen molar-refractivity contribution in [2.45, 2.75) is 25.8 Å². The summed E-state index contributed by atoms with van der Waals surface area (Å²) in [6, 6.07) is 8.37. The van der Waals surface area contributed by atoms with Gasteiger partial charge in [0.2, 0.25) is 0 Å². The third-order valence-corrected chi connectivity index (χ3v) is 3.93. The second-order valence-corrected chi connectivity index (χ2v) is 5.59. The Bertz CT molecular complexity index is 358. The minimum atomic E-state index is 0.911. The highest BCUT2D eigenvalue weighted by Crippen LogP contribution is 2.16. The summed E-state index contributed by atoms with van der Waals surface area (Å²) in [6.07, 6.45) is 4.03. The lowest BCUT2D eigenvalue weighted by atomic mass is 10.0. The van der Waals surface area contributed by atoms with Gasteiger partial charge in [0.25, 0.3) is 0 Å². The molecule has 1 atom stereocenters. The highest BCUT2D eigenvalue weighted by atomic mass is 16.5. The van der Waals surface area contributed by atoms with Crippen molar-refractivity contribution in [3.05, 3.63) is 29.8 Å². The van der Waals surface area contributed by atoms with Crippen LogP contribution in [0.5, 0.6) is 5.75 Å². The van der Waals surface area contributed by atoms with Crippen molar-refractivity contribution in [3.63, 3.8) is 0 Å². The molecule has 1 heterocycles. The Morgan fingerprint density at radius 3 is 2.74 bits per heavy atom. The molecule has 1 saturated heterocycles. The zero-order valence-corrected chi connectivity index (χ0v) is 12.2. The molecule has 0 saturated carbocycles. The maximum atomic E-state index is 5.18. The van der Waals surface area contributed by atoms with Gasteiger partial charge in [0, 0.05) is 6.54 Å². The van der Waals surface area contributed by atoms with E-state index in [0.717, 1.165) is 18.2 Å². The first-order valence-electron chi connectivity index (χ1n) is 7.30. The van der Waals surface area contributed by atoms with Gasteiger partial charge in [0.1, 0.15) is 5.75 Å². The molecule has 0 bridgehead atoms. The molecule has 0 aliphatic carbocycles. The van der Waals surface area contributed by atoms with Crippen molar-refractivity contribution in [1.82, 2.24) is 10.2 Å². The van der Waals surface area contributed by atoms with E-state index in [2.05, 4.69) is 29.4 Å². The zero-order valence-electron chi connectivity index (χ0n) is 12.2. The average molecular weight is 262 g/mol. The fourth-order valence-corrected chi connectivity index (χ4v) is 2.73. The van der Waals surface area contributed by atoms with Crippen molar-refractivity contribution < 1.29 is 4.74 Å². The van der Waals surface area contributed by atoms with Gasteiger partial charge in [0.15, 0.2) is 0 Å². The topological polar surface area (TPSA) is 24.5 Å². The number of benzene rings is 1. The van der Waals surface area contributed by atoms with E-state index in [9.17, 15) is 0 Å². The minimum Gasteiger partial charge on any atom is -0.497 e. The molecule has 1 aliphatic heterocycles. The highest BCUT2D eigenvalue weighted by molar-refractivity contribution is 5.26. The second-order valence-electron chi connectivity index (χ2n) is 5.59. The SMILES string of the molecule is COc1ccc(CN(C)CCCC2CCNC2)cc1. The second kappa shape index (κ2) is 7.51. The molecule has 0 amide bonds. The molecule has 1 aromatic rings. The van der Waals surface area contributed by atoms with E-state index >= 15 is 0 Å². The molecular formula is C16H26N2O. The Kier molecular flexibility index (Phi) is 5.67. The lowest BCUT2D eigenvalue weighted by molar-refractivity contribution is 0.308. The Labute approximate surface area is 116 Å². The van der Waals surface area contributed by atoms with Crippen molar-refractivity contribution >= 4 is 0 Å². The summed E-state index contributed by atoms with van der Waals surface area (Å²) in [4.78, 5) is 2.41. The standard InChI is InChI=1S/C16H26N2O/c1-18(11-3-4-14-9-10-17-12-14)13-15-5-7-16(19-2)8-6-15/h5-8,14,17H,3-4,9-13H2,1-2H3. The minimum absolute atomic E-state index is 0.911. The van der Waals surface area contributed by atoms with Crippen LogP contribution in [0.2, 0.25) is 0 Å². The van der Waals surface area contributed by atoms with E-state index in [-0.39, 0.29) is 0 Å². The summed E-state index contributed by atoms with van der Waals surface area (Å²) in [5.74, 6) is 1.84. The van der Waals surface area contributed by atoms with Gasteiger partial charge in [-0.15, -0.1) is 0 Å². The van der Waals surface area contributed by atoms with Crippen LogP contribution in [-0.2, 0) is 6.54 Å². The van der Waals surface area contributed by atoms with Crippen LogP contribution in [0.1, 0.15) is 24.8 Å². The number of ether oxygens (including phenoxy) is 1. The molecule has 106 valence electrons. The van der Waals surface area contributed by atoms with Gasteiger partial charge in [-0.3, -0.25) is 0 Å². The van der Waals surface area contributed by atoms with Gasteiger partial charge in [-0.25, -0.2) is 0 Å². The molecular weight excluding hydrogens is 236 g/mol. The summed E-state index contributed by atoms with van der Waals surface area (Å²) in [7, 11) is 3.91. The van der Waals surface area contributed by atoms with Gasteiger partial charge >= 0.3 is 0 Å². The van der Waals surface area contributed by atoms with Crippen LogP contribution in [0.25, 0.3) is 0 Å². The number of rotatable bonds is 7. The number of methoxy groups -OCH3 is 1. The summed E-state index contributed by atoms with van der Waals surface area (Å²) in [6.45, 7) is 4.64. The van der Waals surface area contributed by atoms with E-state index < -0.39 is 0 Å². The quantitative estimate of drug-likeness (QED) is 0.817. The van der Waals surface area contributed by atoms with Crippen LogP contribution in [-0.4, -0.2) is 38.7 Å². The molecule has 0 radical (unpaired) electrons. The summed E-state index contributed by atoms with van der Waals surface area (Å²) < 4.78 is 5.18. The van der Waals surface area contributed by atoms with Crippen LogP contribution >= 0.6 is 0 Å². The molecule has 1 aliphatic rings. The van der Waals surface area contributed by atoms with E-state index in [1.165, 1.54) is 44.5 Å². The molecule has 2 rings (SSSR count). The van der Waals surface area contributed by atoms with Gasteiger partial charge < -0.3 is 15.0 Å². The Balaban J connectivity index is 1.66. The van der Waals surface area contributed by atoms with Crippen molar-refractivity contribution in [3.8, 4) is 5.75 Å². The molecule has 3 nitrogen and oxygen atoms in total. The molecule has 19 heavy (non-hydrogen) atoms. The molecule has 1 unspecified atom stereocenters. The van der Waals surface area contributed by atoms with E-state index in [1.54, 1.807) is 7.11 Å². The first kappa shape index (κ1) is 14.4. The maximum Gasteiger partial charge on any atom is 0.118 e. The van der Waals surface area contributed by atoms with Crippen LogP contribution in [0.15, 0.2) is 24.3 Å². The van der Waals surface area contributed by atoms with Crippen molar-refractivity contribution in [2.24, 2.45) is 5.92 Å². The fourth-order valence-electron chi connectivity index (χ4n) is 2.73. The van der Waals surface area contributed by atoms with E-state index in [0.29, 0.717) is 0 Å². The molecule has 3 heteroatoms. The Morgan fingerprint density at radius 1 is 1.32 bits per heavy atom. The maximum absolute atomic E-state index is 5.18. The lowest BCUT2D eigenvalue weighted by Gasteiger charge is -2.18. The third-order valence-electron chi connectivity index (χ3n) is 3.93. The molecule has 0 spiro atoms. The van der Waals surface area contributed by atoms with E-state index in [1.807, 2.05) is 12.1 Å². The first-order chi connectivity index (χ1) is 9.28. The molecule has 1 N–H and O–H groups in total. The first-order valence-corrected chi connectivity index (χ1v) is 7.30. The average Bonchev–Trinajstić information content (AvgIpc) is 2.93. The van der Waals surface area contributed by atoms with Crippen LogP contribution < -0.4 is 10.1 Å². The lowest BCUT2D eigenvalue weighted by Crippen LogP contribution is -2.20. The van der Waals surface area contributed by atoms with Gasteiger partial charge in [-0.2, -0.15) is 0 Å². The summed E-state index contributed by atoms with van der Waals surface area (Å²) in [5, 5.41) is 3.44. The Hall–Kier alpha value is -1.06. The predicted octanol–water partition coefficient (Wildman–Crippen LogP) is 2.52. The molecule has 0 aromatic heterocycles. The van der Waals surface area contributed by atoms with Gasteiger partial charge in [0.05, 0.1) is 7.11 Å². The van der Waals surface area contributed by atoms with Crippen LogP contribution in [0.3, 0.4) is 0 Å². The van der Waals surface area contributed by atoms with Crippen molar-refractivity contribution in [1.29, 1.82) is 0 Å². The van der Waals surface area contributed by atoms with Gasteiger partial charge in [-0.1, -0.05) is 12.1 Å². The van der Waals surface area contributed by atoms with E-state index in [4.69, 9.17) is 4.74 Å². The predicted molar refractivity (Wildman–Crippen MR) is 79.5 cm³/mol. The smallest absolute Gasteiger partial charge is 0.118 e. The molecule has 1 fully saturated rings. The number of nitrogens with zero attached hydrogens (tertiary/aromatic N) is 1. The fraction of sp³-hybridized carbons (Fsp3) is 0.625. The molecule has 1 aromatic carbocycles. The van der Waals surface area contributed by atoms with Crippen molar-refractivity contribution in [2.75, 3.05) is 33.8 Å². The summed E-state index contributed by atoms with van der Waals surface area (Å²) >= 11 is 0. The zero-order chi connectivity index (χ0) is 13.5. The van der Waals surface area contributed by atoms with Crippen LogP contribution in [0.4, 0.5) is 0 Å². The summed E-state index contributed by atoms with van der Waals surface area (Å²) in [5.41, 5.74) is 1.35. The third kappa shape index (κ3) is 4.84. The largest absolute Gasteiger partial charge is 0.497 e. The van der Waals surface area contributed by atoms with Crippen LogP contribution in [0, 0.1) is 5.92 Å². The number of hydrogen-bond donors (Lipinski definition) is 1. The number of hydrogen-bond acceptors (Lipinski definition) is 3. The number of nitrogens with one attached hydrogen (secondary N) is 1. The van der Waals surface area contributed by atoms with Gasteiger partial charge in [-0.05, 0) is 69.6 Å². The Morgan fingerprint density at radius 2 is 2.11 bits per heavy atom. The monoisotopic (exact) mass is 262 g/mol. The normalized spacial score (nSPS) is 19.0. The highest BCUT2D eigenvalue weighted by Gasteiger charge is 2.13.